The van der Waals surface area contributed by atoms with Crippen LogP contribution in [0.3, 0.4) is 0 Å². The summed E-state index contributed by atoms with van der Waals surface area (Å²) >= 11 is 0. The molecule has 1 fully saturated rings. The van der Waals surface area contributed by atoms with Crippen LogP contribution in [0.5, 0.6) is 0 Å². The summed E-state index contributed by atoms with van der Waals surface area (Å²) in [6.07, 6.45) is 2.29. The molecular formula is C15H21NO3. The number of benzene rings is 1. The second-order valence-electron chi connectivity index (χ2n) is 4.88. The first-order chi connectivity index (χ1) is 9.29. The summed E-state index contributed by atoms with van der Waals surface area (Å²) in [5.74, 6) is 0.435. The minimum absolute atomic E-state index is 0.290. The van der Waals surface area contributed by atoms with Crippen LogP contribution in [0.1, 0.15) is 28.8 Å². The monoisotopic (exact) mass is 263 g/mol. The number of methoxy groups -OCH3 is 1. The number of hydrogen-bond acceptors (Lipinski definition) is 4. The Balaban J connectivity index is 1.75. The van der Waals surface area contributed by atoms with Gasteiger partial charge in [0.25, 0.3) is 0 Å². The number of hydrogen-bond donors (Lipinski definition) is 1. The van der Waals surface area contributed by atoms with Gasteiger partial charge in [-0.2, -0.15) is 0 Å². The molecule has 104 valence electrons. The minimum Gasteiger partial charge on any atom is -0.465 e. The Kier molecular flexibility index (Phi) is 5.36. The van der Waals surface area contributed by atoms with Crippen molar-refractivity contribution in [3.05, 3.63) is 35.4 Å². The summed E-state index contributed by atoms with van der Waals surface area (Å²) < 4.78 is 10.0. The first-order valence-corrected chi connectivity index (χ1v) is 6.75. The van der Waals surface area contributed by atoms with Crippen LogP contribution in [0, 0.1) is 5.92 Å². The van der Waals surface area contributed by atoms with E-state index >= 15 is 0 Å². The highest BCUT2D eigenvalue weighted by molar-refractivity contribution is 5.89. The van der Waals surface area contributed by atoms with E-state index in [4.69, 9.17) is 4.74 Å². The van der Waals surface area contributed by atoms with Crippen molar-refractivity contribution in [2.75, 3.05) is 26.9 Å². The summed E-state index contributed by atoms with van der Waals surface area (Å²) in [6, 6.07) is 7.53. The molecule has 0 radical (unpaired) electrons. The molecule has 0 aliphatic carbocycles. The van der Waals surface area contributed by atoms with Gasteiger partial charge in [0.1, 0.15) is 0 Å². The third kappa shape index (κ3) is 4.33. The predicted octanol–water partition coefficient (Wildman–Crippen LogP) is 1.99. The van der Waals surface area contributed by atoms with Crippen LogP contribution >= 0.6 is 0 Å². The molecule has 1 aliphatic heterocycles. The zero-order valence-electron chi connectivity index (χ0n) is 11.4. The van der Waals surface area contributed by atoms with Gasteiger partial charge in [-0.1, -0.05) is 12.1 Å². The van der Waals surface area contributed by atoms with Crippen molar-refractivity contribution in [2.45, 2.75) is 19.4 Å². The zero-order chi connectivity index (χ0) is 13.5. The van der Waals surface area contributed by atoms with E-state index in [1.807, 2.05) is 12.1 Å². The van der Waals surface area contributed by atoms with Crippen molar-refractivity contribution in [1.82, 2.24) is 5.32 Å². The third-order valence-electron chi connectivity index (χ3n) is 3.48. The smallest absolute Gasteiger partial charge is 0.337 e. The fourth-order valence-corrected chi connectivity index (χ4v) is 2.25. The molecule has 1 aromatic carbocycles. The molecule has 0 atom stereocenters. The maximum Gasteiger partial charge on any atom is 0.337 e. The van der Waals surface area contributed by atoms with Crippen molar-refractivity contribution < 1.29 is 14.3 Å². The van der Waals surface area contributed by atoms with E-state index in [1.54, 1.807) is 12.1 Å². The van der Waals surface area contributed by atoms with Crippen LogP contribution in [-0.4, -0.2) is 32.8 Å². The molecule has 0 saturated carbocycles. The van der Waals surface area contributed by atoms with Gasteiger partial charge in [0, 0.05) is 19.8 Å². The molecule has 0 unspecified atom stereocenters. The highest BCUT2D eigenvalue weighted by Crippen LogP contribution is 2.13. The van der Waals surface area contributed by atoms with Crippen LogP contribution in [0.15, 0.2) is 24.3 Å². The summed E-state index contributed by atoms with van der Waals surface area (Å²) in [5, 5.41) is 3.46. The van der Waals surface area contributed by atoms with Crippen LogP contribution in [-0.2, 0) is 16.0 Å². The average molecular weight is 263 g/mol. The van der Waals surface area contributed by atoms with Crippen LogP contribution in [0.2, 0.25) is 0 Å². The first kappa shape index (κ1) is 14.0. The largest absolute Gasteiger partial charge is 0.465 e. The Morgan fingerprint density at radius 3 is 2.63 bits per heavy atom. The number of rotatable bonds is 5. The van der Waals surface area contributed by atoms with Crippen LogP contribution in [0.25, 0.3) is 0 Å². The fraction of sp³-hybridized carbons (Fsp3) is 0.533. The van der Waals surface area contributed by atoms with Crippen molar-refractivity contribution in [1.29, 1.82) is 0 Å². The van der Waals surface area contributed by atoms with E-state index in [1.165, 1.54) is 12.7 Å². The Morgan fingerprint density at radius 2 is 2.00 bits per heavy atom. The third-order valence-corrected chi connectivity index (χ3v) is 3.48. The van der Waals surface area contributed by atoms with Gasteiger partial charge in [-0.05, 0) is 43.0 Å². The molecular weight excluding hydrogens is 242 g/mol. The molecule has 1 aliphatic rings. The van der Waals surface area contributed by atoms with Gasteiger partial charge in [-0.15, -0.1) is 0 Å². The lowest BCUT2D eigenvalue weighted by molar-refractivity contribution is 0.0600. The molecule has 4 heteroatoms. The van der Waals surface area contributed by atoms with Crippen LogP contribution < -0.4 is 5.32 Å². The zero-order valence-corrected chi connectivity index (χ0v) is 11.4. The van der Waals surface area contributed by atoms with Gasteiger partial charge in [-0.25, -0.2) is 4.79 Å². The summed E-state index contributed by atoms with van der Waals surface area (Å²) in [6.45, 7) is 3.64. The molecule has 19 heavy (non-hydrogen) atoms. The molecule has 1 saturated heterocycles. The summed E-state index contributed by atoms with van der Waals surface area (Å²) in [4.78, 5) is 11.3. The van der Waals surface area contributed by atoms with Gasteiger partial charge in [0.15, 0.2) is 0 Å². The van der Waals surface area contributed by atoms with Crippen molar-refractivity contribution in [2.24, 2.45) is 5.92 Å². The number of esters is 1. The highest BCUT2D eigenvalue weighted by atomic mass is 16.5. The molecule has 2 rings (SSSR count). The second-order valence-corrected chi connectivity index (χ2v) is 4.88. The predicted molar refractivity (Wildman–Crippen MR) is 73.0 cm³/mol. The maximum atomic E-state index is 11.3. The molecule has 1 heterocycles. The first-order valence-electron chi connectivity index (χ1n) is 6.75. The van der Waals surface area contributed by atoms with Crippen LogP contribution in [0.4, 0.5) is 0 Å². The fourth-order valence-electron chi connectivity index (χ4n) is 2.25. The Morgan fingerprint density at radius 1 is 1.32 bits per heavy atom. The van der Waals surface area contributed by atoms with E-state index in [2.05, 4.69) is 10.1 Å². The Hall–Kier alpha value is -1.39. The highest BCUT2D eigenvalue weighted by Gasteiger charge is 2.12. The number of nitrogens with one attached hydrogen (secondary N) is 1. The van der Waals surface area contributed by atoms with E-state index in [0.29, 0.717) is 5.56 Å². The van der Waals surface area contributed by atoms with E-state index in [9.17, 15) is 4.79 Å². The number of carbonyl (C=O) groups excluding carboxylic acids is 1. The topological polar surface area (TPSA) is 47.6 Å². The number of carbonyl (C=O) groups is 1. The van der Waals surface area contributed by atoms with E-state index in [-0.39, 0.29) is 5.97 Å². The molecule has 1 N–H and O–H groups in total. The minimum atomic E-state index is -0.290. The summed E-state index contributed by atoms with van der Waals surface area (Å²) in [5.41, 5.74) is 1.77. The molecule has 0 aromatic heterocycles. The molecule has 0 amide bonds. The quantitative estimate of drug-likeness (QED) is 0.825. The van der Waals surface area contributed by atoms with Gasteiger partial charge in [0.2, 0.25) is 0 Å². The maximum absolute atomic E-state index is 11.3. The lowest BCUT2D eigenvalue weighted by Crippen LogP contribution is -2.27. The van der Waals surface area contributed by atoms with Crippen molar-refractivity contribution >= 4 is 5.97 Å². The van der Waals surface area contributed by atoms with Gasteiger partial charge >= 0.3 is 5.97 Å². The molecule has 4 nitrogen and oxygen atoms in total. The average Bonchev–Trinajstić information content (AvgIpc) is 2.48. The van der Waals surface area contributed by atoms with E-state index in [0.717, 1.165) is 45.1 Å². The van der Waals surface area contributed by atoms with Gasteiger partial charge < -0.3 is 14.8 Å². The SMILES string of the molecule is COC(=O)c1ccc(CNCC2CCOCC2)cc1. The standard InChI is InChI=1S/C15H21NO3/c1-18-15(17)14-4-2-12(3-5-14)10-16-11-13-6-8-19-9-7-13/h2-5,13,16H,6-11H2,1H3. The number of ether oxygens (including phenoxy) is 2. The van der Waals surface area contributed by atoms with Gasteiger partial charge in [-0.3, -0.25) is 0 Å². The second kappa shape index (κ2) is 7.26. The van der Waals surface area contributed by atoms with Gasteiger partial charge in [0.05, 0.1) is 12.7 Å². The molecule has 0 bridgehead atoms. The summed E-state index contributed by atoms with van der Waals surface area (Å²) in [7, 11) is 1.39. The lowest BCUT2D eigenvalue weighted by atomic mass is 10.0. The molecule has 1 aromatic rings. The Bertz CT molecular complexity index is 396. The van der Waals surface area contributed by atoms with Crippen molar-refractivity contribution in [3.63, 3.8) is 0 Å². The normalized spacial score (nSPS) is 16.3. The van der Waals surface area contributed by atoms with E-state index < -0.39 is 0 Å². The Labute approximate surface area is 114 Å². The molecule has 0 spiro atoms. The van der Waals surface area contributed by atoms with Crippen molar-refractivity contribution in [3.8, 4) is 0 Å². The lowest BCUT2D eigenvalue weighted by Gasteiger charge is -2.22.